The molecule has 0 fully saturated rings. The fourth-order valence-electron chi connectivity index (χ4n) is 3.08. The summed E-state index contributed by atoms with van der Waals surface area (Å²) in [5.41, 5.74) is 11.0. The van der Waals surface area contributed by atoms with Gasteiger partial charge in [0.25, 0.3) is 0 Å². The first-order chi connectivity index (χ1) is 10.6. The molecule has 114 valence electrons. The molecule has 3 rings (SSSR count). The summed E-state index contributed by atoms with van der Waals surface area (Å²) in [6.45, 7) is 0. The molecule has 2 aromatic rings. The predicted octanol–water partition coefficient (Wildman–Crippen LogP) is 3.23. The molecule has 0 saturated carbocycles. The monoisotopic (exact) mass is 294 g/mol. The molecule has 0 spiro atoms. The smallest absolute Gasteiger partial charge is 0.226 e. The summed E-state index contributed by atoms with van der Waals surface area (Å²) < 4.78 is 0. The summed E-state index contributed by atoms with van der Waals surface area (Å²) in [6.07, 6.45) is 3.30. The van der Waals surface area contributed by atoms with Crippen LogP contribution in [0, 0.1) is 0 Å². The molecule has 1 amide bonds. The zero-order valence-electron chi connectivity index (χ0n) is 13.0. The van der Waals surface area contributed by atoms with Crippen molar-refractivity contribution in [3.63, 3.8) is 0 Å². The number of carbonyl (C=O) groups is 1. The van der Waals surface area contributed by atoms with E-state index < -0.39 is 0 Å². The molecule has 0 aliphatic carbocycles. The van der Waals surface area contributed by atoms with Crippen molar-refractivity contribution < 1.29 is 4.79 Å². The molecule has 1 unspecified atom stereocenters. The van der Waals surface area contributed by atoms with Gasteiger partial charge < -0.3 is 10.6 Å². The second kappa shape index (κ2) is 6.32. The second-order valence-corrected chi connectivity index (χ2v) is 5.99. The molecular formula is C19H22N2O. The zero-order valence-corrected chi connectivity index (χ0v) is 13.0. The van der Waals surface area contributed by atoms with Crippen LogP contribution in [0.3, 0.4) is 0 Å². The van der Waals surface area contributed by atoms with Gasteiger partial charge in [-0.25, -0.2) is 0 Å². The molecule has 0 saturated heterocycles. The Bertz CT molecular complexity index is 666. The van der Waals surface area contributed by atoms with Crippen LogP contribution in [0.2, 0.25) is 0 Å². The van der Waals surface area contributed by atoms with Gasteiger partial charge in [-0.15, -0.1) is 0 Å². The van der Waals surface area contributed by atoms with Gasteiger partial charge in [-0.05, 0) is 42.0 Å². The molecule has 1 heterocycles. The van der Waals surface area contributed by atoms with Crippen molar-refractivity contribution in [2.75, 3.05) is 11.9 Å². The lowest BCUT2D eigenvalue weighted by Crippen LogP contribution is -2.25. The summed E-state index contributed by atoms with van der Waals surface area (Å²) >= 11 is 0. The Balaban J connectivity index is 1.84. The maximum atomic E-state index is 11.9. The van der Waals surface area contributed by atoms with E-state index in [1.54, 1.807) is 4.90 Å². The van der Waals surface area contributed by atoms with Crippen LogP contribution in [0.15, 0.2) is 48.5 Å². The van der Waals surface area contributed by atoms with Gasteiger partial charge in [-0.2, -0.15) is 0 Å². The van der Waals surface area contributed by atoms with Gasteiger partial charge in [0.15, 0.2) is 0 Å². The molecule has 0 radical (unpaired) electrons. The Morgan fingerprint density at radius 3 is 2.68 bits per heavy atom. The number of rotatable bonds is 3. The minimum atomic E-state index is -0.0167. The zero-order chi connectivity index (χ0) is 15.5. The normalized spacial score (nSPS) is 16.1. The number of aryl methyl sites for hydroxylation is 1. The molecule has 2 aromatic carbocycles. The minimum absolute atomic E-state index is 0.0167. The Hall–Kier alpha value is -2.13. The quantitative estimate of drug-likeness (QED) is 0.944. The lowest BCUT2D eigenvalue weighted by Gasteiger charge is -2.20. The highest BCUT2D eigenvalue weighted by molar-refractivity contribution is 5.94. The van der Waals surface area contributed by atoms with Crippen molar-refractivity contribution in [1.29, 1.82) is 0 Å². The summed E-state index contributed by atoms with van der Waals surface area (Å²) in [6, 6.07) is 16.6. The Kier molecular flexibility index (Phi) is 4.25. The standard InChI is InChI=1S/C19H22N2O/c1-21-18-11-10-15(13-16(18)8-5-9-19(21)22)17(20)12-14-6-3-2-4-7-14/h2-4,6-7,10-11,13,17H,5,8-9,12,20H2,1H3. The molecule has 0 aromatic heterocycles. The van der Waals surface area contributed by atoms with Crippen LogP contribution in [0.5, 0.6) is 0 Å². The van der Waals surface area contributed by atoms with Gasteiger partial charge in [-0.1, -0.05) is 42.5 Å². The fraction of sp³-hybridized carbons (Fsp3) is 0.316. The predicted molar refractivity (Wildman–Crippen MR) is 89.9 cm³/mol. The van der Waals surface area contributed by atoms with Crippen molar-refractivity contribution in [2.45, 2.75) is 31.7 Å². The van der Waals surface area contributed by atoms with E-state index in [0.717, 1.165) is 30.5 Å². The van der Waals surface area contributed by atoms with E-state index in [0.29, 0.717) is 6.42 Å². The Morgan fingerprint density at radius 1 is 1.14 bits per heavy atom. The molecular weight excluding hydrogens is 272 g/mol. The molecule has 3 nitrogen and oxygen atoms in total. The third kappa shape index (κ3) is 3.04. The summed E-state index contributed by atoms with van der Waals surface area (Å²) in [5.74, 6) is 0.195. The van der Waals surface area contributed by atoms with Gasteiger partial charge in [0.2, 0.25) is 5.91 Å². The molecule has 0 bridgehead atoms. The highest BCUT2D eigenvalue weighted by Crippen LogP contribution is 2.29. The van der Waals surface area contributed by atoms with E-state index in [1.165, 1.54) is 11.1 Å². The Labute approximate surface area is 131 Å². The van der Waals surface area contributed by atoms with Crippen LogP contribution in [0.25, 0.3) is 0 Å². The molecule has 1 aliphatic heterocycles. The average molecular weight is 294 g/mol. The third-order valence-electron chi connectivity index (χ3n) is 4.40. The average Bonchev–Trinajstić information content (AvgIpc) is 2.68. The summed E-state index contributed by atoms with van der Waals surface area (Å²) in [4.78, 5) is 13.7. The van der Waals surface area contributed by atoms with E-state index in [9.17, 15) is 4.79 Å². The number of carbonyl (C=O) groups excluding carboxylic acids is 1. The topological polar surface area (TPSA) is 46.3 Å². The van der Waals surface area contributed by atoms with Crippen LogP contribution in [-0.4, -0.2) is 13.0 Å². The second-order valence-electron chi connectivity index (χ2n) is 5.99. The molecule has 3 heteroatoms. The van der Waals surface area contributed by atoms with Crippen molar-refractivity contribution in [3.8, 4) is 0 Å². The van der Waals surface area contributed by atoms with Crippen LogP contribution in [0.4, 0.5) is 5.69 Å². The van der Waals surface area contributed by atoms with Crippen molar-refractivity contribution >= 4 is 11.6 Å². The number of hydrogen-bond donors (Lipinski definition) is 1. The van der Waals surface area contributed by atoms with Gasteiger partial charge in [-0.3, -0.25) is 4.79 Å². The first-order valence-corrected chi connectivity index (χ1v) is 7.84. The molecule has 1 aliphatic rings. The summed E-state index contributed by atoms with van der Waals surface area (Å²) in [7, 11) is 1.86. The van der Waals surface area contributed by atoms with E-state index in [-0.39, 0.29) is 11.9 Å². The van der Waals surface area contributed by atoms with E-state index >= 15 is 0 Å². The number of fused-ring (bicyclic) bond motifs is 1. The van der Waals surface area contributed by atoms with Crippen LogP contribution < -0.4 is 10.6 Å². The van der Waals surface area contributed by atoms with E-state index in [4.69, 9.17) is 5.73 Å². The number of hydrogen-bond acceptors (Lipinski definition) is 2. The fourth-order valence-corrected chi connectivity index (χ4v) is 3.08. The number of amides is 1. The molecule has 1 atom stereocenters. The molecule has 2 N–H and O–H groups in total. The third-order valence-corrected chi connectivity index (χ3v) is 4.40. The Morgan fingerprint density at radius 2 is 1.91 bits per heavy atom. The van der Waals surface area contributed by atoms with Crippen molar-refractivity contribution in [1.82, 2.24) is 0 Å². The van der Waals surface area contributed by atoms with Gasteiger partial charge in [0.1, 0.15) is 0 Å². The van der Waals surface area contributed by atoms with Crippen LogP contribution >= 0.6 is 0 Å². The van der Waals surface area contributed by atoms with Crippen LogP contribution in [-0.2, 0) is 17.6 Å². The van der Waals surface area contributed by atoms with Gasteiger partial charge in [0, 0.05) is 25.2 Å². The lowest BCUT2D eigenvalue weighted by molar-refractivity contribution is -0.118. The number of anilines is 1. The minimum Gasteiger partial charge on any atom is -0.324 e. The maximum absolute atomic E-state index is 11.9. The lowest BCUT2D eigenvalue weighted by atomic mass is 9.96. The number of nitrogens with zero attached hydrogens (tertiary/aromatic N) is 1. The van der Waals surface area contributed by atoms with Crippen LogP contribution in [0.1, 0.15) is 35.6 Å². The maximum Gasteiger partial charge on any atom is 0.226 e. The van der Waals surface area contributed by atoms with E-state index in [1.807, 2.05) is 31.3 Å². The molecule has 22 heavy (non-hydrogen) atoms. The van der Waals surface area contributed by atoms with E-state index in [2.05, 4.69) is 24.3 Å². The highest BCUT2D eigenvalue weighted by atomic mass is 16.2. The van der Waals surface area contributed by atoms with Crippen molar-refractivity contribution in [2.24, 2.45) is 5.73 Å². The van der Waals surface area contributed by atoms with Gasteiger partial charge in [0.05, 0.1) is 0 Å². The highest BCUT2D eigenvalue weighted by Gasteiger charge is 2.19. The number of nitrogens with two attached hydrogens (primary N) is 1. The first-order valence-electron chi connectivity index (χ1n) is 7.84. The van der Waals surface area contributed by atoms with Gasteiger partial charge >= 0.3 is 0 Å². The SMILES string of the molecule is CN1C(=O)CCCc2cc(C(N)Cc3ccccc3)ccc21. The first kappa shape index (κ1) is 14.8. The van der Waals surface area contributed by atoms with Crippen molar-refractivity contribution in [3.05, 3.63) is 65.2 Å². The summed E-state index contributed by atoms with van der Waals surface area (Å²) in [5, 5.41) is 0. The number of benzene rings is 2. The largest absolute Gasteiger partial charge is 0.324 e.